The van der Waals surface area contributed by atoms with Crippen LogP contribution in [0.4, 0.5) is 5.69 Å². The molecule has 418 valence electrons. The first-order valence-electron chi connectivity index (χ1n) is 28.9. The standard InChI is InChI=1S/C21H22Br2O.C10H12.C9H10O.C9H16.C8H9N.C8H14.C6H8N.Mo/c1-12-17(22)10-13-6-2-4-8-15(13)19(12)20-16-9-5-3-7-14(16)11-18(23)21(20)24;1-10(2,3)9-7-5-4-6-8-9;1-3-10-9-6-4-8(2)5-7-9;1-2-6-9-7-4-3-5-8-9;1-6-4-3-5-7(2)8(6)9;1-2-8-6-4-3-5-7-8;1-5-3-4-6(2)7-5;/h10-11,24H,2-9H2,1H3;1,4-8H,2-3H3;3-7H,1H2,2H3;2,6,9H,3-5,7-8H2,1H3;3-5H,1-2H3;2,8H,1,3-7H2;3-4H,1-2H3;/q;;;;;;-1;/b;;;6-2-;;;;. The third-order valence-corrected chi connectivity index (χ3v) is 19.2. The Labute approximate surface area is 497 Å². The molecule has 0 spiro atoms. The molecule has 78 heavy (non-hydrogen) atoms. The maximum absolute atomic E-state index is 11.0. The molecule has 1 N–H and O–H groups in total. The Balaban J connectivity index is 0.000000185. The van der Waals surface area contributed by atoms with Crippen molar-refractivity contribution in [3.05, 3.63) is 205 Å². The fourth-order valence-corrected chi connectivity index (χ4v) is 13.8. The van der Waals surface area contributed by atoms with Crippen LogP contribution in [0.5, 0.6) is 11.5 Å². The average molecular weight is 1260 g/mol. The van der Waals surface area contributed by atoms with E-state index in [1.54, 1.807) is 0 Å². The number of hydrogen-bond donors (Lipinski definition) is 1. The number of hydrogen-bond acceptors (Lipinski definition) is 3. The number of benzene rings is 5. The van der Waals surface area contributed by atoms with E-state index in [4.69, 9.17) is 8.23 Å². The number of allylic oxidation sites excluding steroid dienone is 3. The zero-order chi connectivity index (χ0) is 56.5. The van der Waals surface area contributed by atoms with Gasteiger partial charge in [0.25, 0.3) is 0 Å². The summed E-state index contributed by atoms with van der Waals surface area (Å²) >= 11 is 6.87. The van der Waals surface area contributed by atoms with Gasteiger partial charge in [-0.15, -0.1) is 6.58 Å². The van der Waals surface area contributed by atoms with Gasteiger partial charge in [0.2, 0.25) is 0 Å². The van der Waals surface area contributed by atoms with Crippen molar-refractivity contribution in [2.75, 3.05) is 0 Å². The van der Waals surface area contributed by atoms with Gasteiger partial charge in [0.1, 0.15) is 11.5 Å². The predicted octanol–water partition coefficient (Wildman–Crippen LogP) is 21.3. The van der Waals surface area contributed by atoms with Gasteiger partial charge >= 0.3 is 130 Å². The van der Waals surface area contributed by atoms with Crippen LogP contribution in [0.1, 0.15) is 172 Å². The van der Waals surface area contributed by atoms with Crippen molar-refractivity contribution in [1.29, 1.82) is 0 Å². The minimum absolute atomic E-state index is 0.101. The Morgan fingerprint density at radius 2 is 1.15 bits per heavy atom. The minimum atomic E-state index is -0.493. The summed E-state index contributed by atoms with van der Waals surface area (Å²) in [6.07, 6.45) is 31.9. The van der Waals surface area contributed by atoms with Gasteiger partial charge in [0.15, 0.2) is 0 Å². The molecule has 1 heterocycles. The first-order valence-corrected chi connectivity index (χ1v) is 32.5. The van der Waals surface area contributed by atoms with E-state index in [1.807, 2.05) is 57.2 Å². The number of rotatable bonds is 8. The molecule has 2 fully saturated rings. The summed E-state index contributed by atoms with van der Waals surface area (Å²) in [6, 6.07) is 33.3. The Hall–Kier alpha value is -4.48. The molecule has 0 saturated heterocycles. The number of halogens is 2. The molecular formula is C71H91Br2MoN2O2-. The second-order valence-corrected chi connectivity index (χ2v) is 25.4. The van der Waals surface area contributed by atoms with E-state index in [1.165, 1.54) is 162 Å². The fourth-order valence-electron chi connectivity index (χ4n) is 10.8. The SMILES string of the molecule is C/C=C\C1CCCCC1.C=CC1CCCCC1.C=COc1ccc(C)cc1.Cc1c(Br)cc2c(c1-c1c(O)c(Br)cc3c1CCCC3)CCCC2.Cc1ccc(C)[n-]1.Cc1cccc(C)c1[N]=[Mo]=[CH]C(C)(C)c1ccccc1. The summed E-state index contributed by atoms with van der Waals surface area (Å²) in [7, 11) is 0. The van der Waals surface area contributed by atoms with E-state index in [0.29, 0.717) is 5.75 Å². The van der Waals surface area contributed by atoms with Crippen molar-refractivity contribution in [1.82, 2.24) is 4.98 Å². The van der Waals surface area contributed by atoms with Gasteiger partial charge in [-0.2, -0.15) is 11.4 Å². The van der Waals surface area contributed by atoms with Gasteiger partial charge in [-0.25, -0.2) is 0 Å². The van der Waals surface area contributed by atoms with Crippen molar-refractivity contribution in [2.45, 2.75) is 183 Å². The van der Waals surface area contributed by atoms with E-state index < -0.39 is 17.9 Å². The molecule has 10 rings (SSSR count). The van der Waals surface area contributed by atoms with Crippen molar-refractivity contribution >= 4 is 41.9 Å². The Morgan fingerprint density at radius 1 is 0.628 bits per heavy atom. The van der Waals surface area contributed by atoms with Crippen LogP contribution < -0.4 is 9.72 Å². The van der Waals surface area contributed by atoms with Crippen LogP contribution in [0.2, 0.25) is 0 Å². The molecule has 7 heteroatoms. The normalized spacial score (nSPS) is 15.0. The molecule has 0 aliphatic heterocycles. The molecule has 0 bridgehead atoms. The second-order valence-electron chi connectivity index (χ2n) is 22.2. The summed E-state index contributed by atoms with van der Waals surface area (Å²) in [5.74, 6) is 3.03. The molecule has 4 aliphatic carbocycles. The number of aryl methyl sites for hydroxylation is 7. The average Bonchev–Trinajstić information content (AvgIpc) is 4.01. The third kappa shape index (κ3) is 20.6. The first-order chi connectivity index (χ1) is 37.6. The van der Waals surface area contributed by atoms with Gasteiger partial charge < -0.3 is 14.8 Å². The molecule has 4 nitrogen and oxygen atoms in total. The summed E-state index contributed by atoms with van der Waals surface area (Å²) in [4.78, 5) is 4.11. The number of ether oxygens (including phenoxy) is 1. The number of phenolic OH excluding ortho intramolecular Hbond substituents is 1. The summed E-state index contributed by atoms with van der Waals surface area (Å²) in [5.41, 5.74) is 18.0. The summed E-state index contributed by atoms with van der Waals surface area (Å²) in [6.45, 7) is 26.4. The van der Waals surface area contributed by atoms with Gasteiger partial charge in [-0.3, -0.25) is 0 Å². The van der Waals surface area contributed by atoms with Crippen molar-refractivity contribution in [3.8, 4) is 22.6 Å². The van der Waals surface area contributed by atoms with Crippen molar-refractivity contribution < 1.29 is 27.8 Å². The summed E-state index contributed by atoms with van der Waals surface area (Å²) < 4.78 is 14.3. The number of fused-ring (bicyclic) bond motifs is 2. The van der Waals surface area contributed by atoms with E-state index in [-0.39, 0.29) is 5.41 Å². The molecule has 0 unspecified atom stereocenters. The molecule has 0 amide bonds. The van der Waals surface area contributed by atoms with Crippen LogP contribution in [0.25, 0.3) is 11.1 Å². The number of phenols is 1. The van der Waals surface area contributed by atoms with Gasteiger partial charge in [-0.05, 0) is 183 Å². The Kier molecular flexibility index (Phi) is 28.0. The zero-order valence-corrected chi connectivity index (χ0v) is 54.0. The Bertz CT molecular complexity index is 2790. The van der Waals surface area contributed by atoms with Crippen molar-refractivity contribution in [3.63, 3.8) is 0 Å². The van der Waals surface area contributed by atoms with Crippen LogP contribution in [0.15, 0.2) is 147 Å². The number of aromatic nitrogens is 1. The van der Waals surface area contributed by atoms with Crippen LogP contribution in [-0.4, -0.2) is 9.51 Å². The van der Waals surface area contributed by atoms with Crippen LogP contribution in [-0.2, 0) is 49.0 Å². The molecule has 4 aliphatic rings. The second kappa shape index (κ2) is 34.0. The van der Waals surface area contributed by atoms with Crippen LogP contribution in [0.3, 0.4) is 0 Å². The zero-order valence-electron chi connectivity index (χ0n) is 48.8. The number of aromatic hydroxyl groups is 1. The Morgan fingerprint density at radius 3 is 1.65 bits per heavy atom. The molecule has 2 saturated carbocycles. The van der Waals surface area contributed by atoms with Gasteiger partial charge in [0.05, 0.1) is 10.7 Å². The summed E-state index contributed by atoms with van der Waals surface area (Å²) in [5, 5.41) is 11.0. The molecule has 0 atom stereocenters. The predicted molar refractivity (Wildman–Crippen MR) is 340 cm³/mol. The molecule has 1 aromatic heterocycles. The fraction of sp³-hybridized carbons (Fsp3) is 0.423. The van der Waals surface area contributed by atoms with Gasteiger partial charge in [-0.1, -0.05) is 123 Å². The third-order valence-electron chi connectivity index (χ3n) is 15.4. The maximum atomic E-state index is 11.0. The molecule has 5 aromatic carbocycles. The first kappa shape index (κ1) is 64.3. The van der Waals surface area contributed by atoms with Gasteiger partial charge in [0, 0.05) is 10.0 Å². The van der Waals surface area contributed by atoms with Crippen LogP contribution in [0, 0.1) is 53.4 Å². The monoisotopic (exact) mass is 1260 g/mol. The topological polar surface area (TPSA) is 55.9 Å². The molecule has 6 aromatic rings. The van der Waals surface area contributed by atoms with Crippen molar-refractivity contribution in [2.24, 2.45) is 15.3 Å². The van der Waals surface area contributed by atoms with Crippen LogP contribution >= 0.6 is 31.9 Å². The van der Waals surface area contributed by atoms with E-state index in [0.717, 1.165) is 64.7 Å². The number of nitrogens with zero attached hydrogens (tertiary/aromatic N) is 2. The van der Waals surface area contributed by atoms with E-state index in [2.05, 4.69) is 175 Å². The quantitative estimate of drug-likeness (QED) is 0.0939. The van der Waals surface area contributed by atoms with E-state index in [9.17, 15) is 5.11 Å². The molecular weight excluding hydrogens is 1170 g/mol. The van der Waals surface area contributed by atoms with E-state index >= 15 is 0 Å². The molecule has 0 radical (unpaired) electrons.